The molecule has 1 unspecified atom stereocenters. The highest BCUT2D eigenvalue weighted by Crippen LogP contribution is 2.44. The first-order chi connectivity index (χ1) is 47.3. The molecule has 0 amide bonds. The Labute approximate surface area is 558 Å². The number of hydrogen-bond acceptors (Lipinski definition) is 20. The minimum Gasteiger partial charge on any atom is -0.497 e. The standard InChI is InChI=1S/C75H63O21P/c1-84-57-42-38-55(39-43-57)75(54-36-22-9-23-37-54,56-40-44-58(85-2)45-41-56)87-47-60-61(90-68(77)49-26-12-4-13-27-49)63(91-69(78)50-28-14-5-15-29-50)65(93-71(80)52-32-18-7-19-33-52)73(88-60)95-62-59(46-86-67(76)48-24-10-3-11-25-48)89-74(96-97(82)83)66(94-72(81)53-34-20-8-21-35-53)64(62)92-70(79)51-30-16-6-17-31-51/h3-45,59-66,73-74H,46-47H2,1-2H3/p+1/t59-,60-,61+,62-,63+,64+,65-,66+,73+,74-/m1/s1. The lowest BCUT2D eigenvalue weighted by atomic mass is 9.80. The second-order valence-electron chi connectivity index (χ2n) is 22.0. The fourth-order valence-corrected chi connectivity index (χ4v) is 11.6. The van der Waals surface area contributed by atoms with Gasteiger partial charge in [0.05, 0.1) is 54.2 Å². The van der Waals surface area contributed by atoms with E-state index in [1.54, 1.807) is 158 Å². The highest BCUT2D eigenvalue weighted by molar-refractivity contribution is 7.32. The molecule has 9 aromatic carbocycles. The molecule has 494 valence electrons. The Morgan fingerprint density at radius 1 is 0.361 bits per heavy atom. The van der Waals surface area contributed by atoms with Crippen molar-refractivity contribution in [2.45, 2.75) is 67.0 Å². The minimum atomic E-state index is -3.65. The number of hydrogen-bond donors (Lipinski definition) is 1. The van der Waals surface area contributed by atoms with Gasteiger partial charge < -0.3 is 56.8 Å². The van der Waals surface area contributed by atoms with Crippen molar-refractivity contribution in [3.05, 3.63) is 311 Å². The molecule has 1 N–H and O–H groups in total. The van der Waals surface area contributed by atoms with Gasteiger partial charge in [-0.25, -0.2) is 28.8 Å². The van der Waals surface area contributed by atoms with Crippen molar-refractivity contribution in [1.82, 2.24) is 0 Å². The third-order valence-electron chi connectivity index (χ3n) is 16.0. The molecule has 2 aliphatic rings. The van der Waals surface area contributed by atoms with Crippen molar-refractivity contribution in [1.29, 1.82) is 0 Å². The quantitative estimate of drug-likeness (QED) is 0.0241. The Balaban J connectivity index is 1.12. The first kappa shape index (κ1) is 67.7. The molecule has 21 nitrogen and oxygen atoms in total. The number of methoxy groups -OCH3 is 2. The Kier molecular flexibility index (Phi) is 22.4. The number of rotatable bonds is 25. The van der Waals surface area contributed by atoms with Crippen LogP contribution in [0.1, 0.15) is 78.8 Å². The van der Waals surface area contributed by atoms with Gasteiger partial charge in [0.15, 0.2) is 36.8 Å². The van der Waals surface area contributed by atoms with Crippen LogP contribution in [-0.4, -0.2) is 130 Å². The van der Waals surface area contributed by atoms with Crippen molar-refractivity contribution in [2.75, 3.05) is 27.4 Å². The molecule has 2 saturated heterocycles. The van der Waals surface area contributed by atoms with E-state index in [9.17, 15) is 33.4 Å². The molecule has 97 heavy (non-hydrogen) atoms. The van der Waals surface area contributed by atoms with Crippen LogP contribution in [0.4, 0.5) is 0 Å². The van der Waals surface area contributed by atoms with E-state index < -0.39 is 124 Å². The lowest BCUT2D eigenvalue weighted by molar-refractivity contribution is -0.351. The Morgan fingerprint density at radius 3 is 1.03 bits per heavy atom. The van der Waals surface area contributed by atoms with Gasteiger partial charge in [-0.2, -0.15) is 0 Å². The van der Waals surface area contributed by atoms with Gasteiger partial charge in [0.2, 0.25) is 0 Å². The number of esters is 6. The molecular formula is C75H64O21P+. The van der Waals surface area contributed by atoms with Gasteiger partial charge in [0, 0.05) is 4.57 Å². The van der Waals surface area contributed by atoms with Crippen LogP contribution in [0.5, 0.6) is 11.5 Å². The summed E-state index contributed by atoms with van der Waals surface area (Å²) >= 11 is 0. The van der Waals surface area contributed by atoms with E-state index in [0.29, 0.717) is 28.2 Å². The zero-order chi connectivity index (χ0) is 67.7. The summed E-state index contributed by atoms with van der Waals surface area (Å²) in [6, 6.07) is 69.6. The molecular weight excluding hydrogens is 1270 g/mol. The molecule has 2 heterocycles. The molecule has 2 fully saturated rings. The first-order valence-electron chi connectivity index (χ1n) is 30.6. The van der Waals surface area contributed by atoms with E-state index in [1.807, 2.05) is 30.3 Å². The Hall–Kier alpha value is -10.7. The van der Waals surface area contributed by atoms with Crippen molar-refractivity contribution >= 4 is 44.1 Å². The fraction of sp³-hybridized carbons (Fsp3) is 0.200. The summed E-state index contributed by atoms with van der Waals surface area (Å²) in [5.74, 6) is -5.07. The summed E-state index contributed by atoms with van der Waals surface area (Å²) in [5.41, 5.74) is -0.00117. The number of carbonyl (C=O) groups excluding carboxylic acids is 6. The zero-order valence-electron chi connectivity index (χ0n) is 52.1. The van der Waals surface area contributed by atoms with Gasteiger partial charge in [-0.3, -0.25) is 0 Å². The van der Waals surface area contributed by atoms with Gasteiger partial charge in [-0.1, -0.05) is 168 Å². The van der Waals surface area contributed by atoms with Gasteiger partial charge in [-0.05, 0) is 114 Å². The Bertz CT molecular complexity index is 4050. The van der Waals surface area contributed by atoms with Crippen molar-refractivity contribution in [3.8, 4) is 11.5 Å². The number of ether oxygens (including phenoxy) is 12. The summed E-state index contributed by atoms with van der Waals surface area (Å²) < 4.78 is 96.1. The molecule has 0 radical (unpaired) electrons. The summed E-state index contributed by atoms with van der Waals surface area (Å²) in [5, 5.41) is 0. The second-order valence-corrected chi connectivity index (χ2v) is 22.7. The lowest BCUT2D eigenvalue weighted by Gasteiger charge is -2.48. The molecule has 0 saturated carbocycles. The van der Waals surface area contributed by atoms with Crippen LogP contribution in [-0.2, 0) is 62.1 Å². The summed E-state index contributed by atoms with van der Waals surface area (Å²) in [6.07, 6.45) is -19.8. The average Bonchev–Trinajstić information content (AvgIpc) is 0.759. The smallest absolute Gasteiger partial charge is 0.497 e. The van der Waals surface area contributed by atoms with Crippen molar-refractivity contribution in [3.63, 3.8) is 0 Å². The van der Waals surface area contributed by atoms with Gasteiger partial charge >= 0.3 is 44.1 Å². The zero-order valence-corrected chi connectivity index (χ0v) is 53.0. The average molecular weight is 1330 g/mol. The van der Waals surface area contributed by atoms with Crippen LogP contribution in [0.3, 0.4) is 0 Å². The molecule has 11 atom stereocenters. The normalized spacial score (nSPS) is 20.7. The van der Waals surface area contributed by atoms with Gasteiger partial charge in [0.1, 0.15) is 42.0 Å². The summed E-state index contributed by atoms with van der Waals surface area (Å²) in [7, 11) is -0.605. The first-order valence-corrected chi connectivity index (χ1v) is 31.7. The minimum absolute atomic E-state index is 0.00663. The molecule has 22 heteroatoms. The SMILES string of the molecule is COc1ccc(C(OC[C@H]2O[C@@H](O[C@H]3[C@H](OC(=O)c4ccccc4)[C@H](OC(=O)c4ccccc4)[C@@H](O[P+](=O)O)O[C@@H]3COC(=O)c3ccccc3)[C@H](OC(=O)c3ccccc3)[C@@H](OC(=O)c3ccccc3)[C@H]2OC(=O)c2ccccc2)(c2ccccc2)c2ccc(OC)cc2)cc1. The maximum absolute atomic E-state index is 15.0. The van der Waals surface area contributed by atoms with Crippen LogP contribution < -0.4 is 9.47 Å². The number of carbonyl (C=O) groups is 6. The molecule has 0 bridgehead atoms. The van der Waals surface area contributed by atoms with Crippen molar-refractivity contribution in [2.24, 2.45) is 0 Å². The van der Waals surface area contributed by atoms with E-state index in [4.69, 9.17) is 61.4 Å². The van der Waals surface area contributed by atoms with Gasteiger partial charge in [0.25, 0.3) is 6.29 Å². The number of benzene rings is 9. The van der Waals surface area contributed by atoms with E-state index in [1.165, 1.54) is 87.0 Å². The Morgan fingerprint density at radius 2 is 0.660 bits per heavy atom. The third-order valence-corrected chi connectivity index (χ3v) is 16.3. The topological polar surface area (TPSA) is 260 Å². The largest absolute Gasteiger partial charge is 0.697 e. The third kappa shape index (κ3) is 16.3. The molecule has 11 rings (SSSR count). The lowest BCUT2D eigenvalue weighted by Crippen LogP contribution is -2.67. The maximum Gasteiger partial charge on any atom is 0.697 e. The van der Waals surface area contributed by atoms with Crippen LogP contribution >= 0.6 is 8.25 Å². The predicted molar refractivity (Wildman–Crippen MR) is 346 cm³/mol. The van der Waals surface area contributed by atoms with E-state index in [-0.39, 0.29) is 33.4 Å². The monoisotopic (exact) mass is 1330 g/mol. The molecule has 0 aliphatic carbocycles. The summed E-state index contributed by atoms with van der Waals surface area (Å²) in [4.78, 5) is 98.8. The highest BCUT2D eigenvalue weighted by atomic mass is 31.1. The molecule has 2 aliphatic heterocycles. The second kappa shape index (κ2) is 32.1. The van der Waals surface area contributed by atoms with Gasteiger partial charge in [-0.15, -0.1) is 4.89 Å². The van der Waals surface area contributed by atoms with E-state index in [0.717, 1.165) is 0 Å². The fourth-order valence-electron chi connectivity index (χ4n) is 11.2. The predicted octanol–water partition coefficient (Wildman–Crippen LogP) is 11.5. The molecule has 9 aromatic rings. The van der Waals surface area contributed by atoms with E-state index >= 15 is 4.79 Å². The van der Waals surface area contributed by atoms with Crippen LogP contribution in [0, 0.1) is 0 Å². The summed E-state index contributed by atoms with van der Waals surface area (Å²) in [6.45, 7) is -1.49. The molecule has 0 spiro atoms. The highest BCUT2D eigenvalue weighted by Gasteiger charge is 2.60. The maximum atomic E-state index is 15.0. The van der Waals surface area contributed by atoms with E-state index in [2.05, 4.69) is 0 Å². The van der Waals surface area contributed by atoms with Crippen molar-refractivity contribution < 1.29 is 99.6 Å². The van der Waals surface area contributed by atoms with Crippen LogP contribution in [0.15, 0.2) is 261 Å². The molecule has 0 aromatic heterocycles. The van der Waals surface area contributed by atoms with Crippen LogP contribution in [0.25, 0.3) is 0 Å². The van der Waals surface area contributed by atoms with Crippen LogP contribution in [0.2, 0.25) is 0 Å².